The standard InChI is InChI=1S/C21H24ClN5OS/c1-25(14-16-2-8-19(9-3-16)26-10-12-28-13-11-26)15-27-21(29)23-20(24-27)17-4-6-18(22)7-5-17/h2-9H,10-15H2,1H3,(H,23,24,29). The van der Waals surface area contributed by atoms with E-state index in [4.69, 9.17) is 28.6 Å². The predicted molar refractivity (Wildman–Crippen MR) is 119 cm³/mol. The lowest BCUT2D eigenvalue weighted by molar-refractivity contribution is 0.122. The van der Waals surface area contributed by atoms with Gasteiger partial charge in [-0.15, -0.1) is 0 Å². The van der Waals surface area contributed by atoms with Gasteiger partial charge in [0.25, 0.3) is 0 Å². The molecule has 0 atom stereocenters. The molecule has 0 unspecified atom stereocenters. The maximum atomic E-state index is 5.96. The number of nitrogens with one attached hydrogen (secondary N) is 1. The Kier molecular flexibility index (Phi) is 6.30. The molecule has 0 amide bonds. The van der Waals surface area contributed by atoms with E-state index in [1.165, 1.54) is 11.3 Å². The highest BCUT2D eigenvalue weighted by molar-refractivity contribution is 7.71. The van der Waals surface area contributed by atoms with Gasteiger partial charge in [0.05, 0.1) is 19.9 Å². The number of halogens is 1. The third-order valence-electron chi connectivity index (χ3n) is 4.94. The summed E-state index contributed by atoms with van der Waals surface area (Å²) in [6.45, 7) is 4.95. The van der Waals surface area contributed by atoms with Crippen LogP contribution < -0.4 is 4.90 Å². The zero-order valence-electron chi connectivity index (χ0n) is 16.3. The highest BCUT2D eigenvalue weighted by Crippen LogP contribution is 2.19. The molecule has 0 radical (unpaired) electrons. The monoisotopic (exact) mass is 429 g/mol. The van der Waals surface area contributed by atoms with Crippen LogP contribution in [0, 0.1) is 4.77 Å². The molecular formula is C21H24ClN5OS. The third-order valence-corrected chi connectivity index (χ3v) is 5.51. The SMILES string of the molecule is CN(Cc1ccc(N2CCOCC2)cc1)Cn1[nH]c(-c2ccc(Cl)cc2)nc1=S. The van der Waals surface area contributed by atoms with Gasteiger partial charge in [0.2, 0.25) is 4.77 Å². The number of nitrogens with zero attached hydrogens (tertiary/aromatic N) is 4. The minimum atomic E-state index is 0.532. The van der Waals surface area contributed by atoms with Gasteiger partial charge in [0, 0.05) is 35.9 Å². The first-order valence-electron chi connectivity index (χ1n) is 9.61. The van der Waals surface area contributed by atoms with E-state index in [1.807, 2.05) is 28.9 Å². The molecule has 152 valence electrons. The third kappa shape index (κ3) is 5.05. The van der Waals surface area contributed by atoms with E-state index < -0.39 is 0 Å². The van der Waals surface area contributed by atoms with Crippen LogP contribution >= 0.6 is 23.8 Å². The maximum absolute atomic E-state index is 5.96. The Bertz CT molecular complexity index is 993. The summed E-state index contributed by atoms with van der Waals surface area (Å²) in [4.78, 5) is 9.03. The molecule has 1 aliphatic rings. The molecule has 1 saturated heterocycles. The van der Waals surface area contributed by atoms with Crippen molar-refractivity contribution in [3.8, 4) is 11.4 Å². The van der Waals surface area contributed by atoms with E-state index in [0.717, 1.165) is 44.2 Å². The second-order valence-electron chi connectivity index (χ2n) is 7.21. The predicted octanol–water partition coefficient (Wildman–Crippen LogP) is 4.19. The van der Waals surface area contributed by atoms with Crippen molar-refractivity contribution in [1.29, 1.82) is 0 Å². The van der Waals surface area contributed by atoms with Gasteiger partial charge in [0.15, 0.2) is 5.82 Å². The van der Waals surface area contributed by atoms with Crippen molar-refractivity contribution in [2.24, 2.45) is 0 Å². The average Bonchev–Trinajstić information content (AvgIpc) is 3.10. The van der Waals surface area contributed by atoms with Crippen molar-refractivity contribution < 1.29 is 4.74 Å². The van der Waals surface area contributed by atoms with Gasteiger partial charge < -0.3 is 9.64 Å². The average molecular weight is 430 g/mol. The van der Waals surface area contributed by atoms with Gasteiger partial charge in [-0.2, -0.15) is 4.98 Å². The molecule has 1 fully saturated rings. The van der Waals surface area contributed by atoms with E-state index in [0.29, 0.717) is 16.5 Å². The minimum absolute atomic E-state index is 0.532. The molecule has 0 bridgehead atoms. The van der Waals surface area contributed by atoms with Gasteiger partial charge in [-0.1, -0.05) is 23.7 Å². The number of rotatable bonds is 6. The Hall–Kier alpha value is -2.19. The van der Waals surface area contributed by atoms with E-state index in [1.54, 1.807) is 0 Å². The van der Waals surface area contributed by atoms with Crippen molar-refractivity contribution in [1.82, 2.24) is 19.7 Å². The van der Waals surface area contributed by atoms with E-state index >= 15 is 0 Å². The summed E-state index contributed by atoms with van der Waals surface area (Å²) in [7, 11) is 2.07. The first-order chi connectivity index (χ1) is 14.1. The fraction of sp³-hybridized carbons (Fsp3) is 0.333. The number of ether oxygens (including phenoxy) is 1. The summed E-state index contributed by atoms with van der Waals surface area (Å²) < 4.78 is 7.83. The summed E-state index contributed by atoms with van der Waals surface area (Å²) in [6, 6.07) is 16.3. The van der Waals surface area contributed by atoms with Crippen LogP contribution in [-0.4, -0.2) is 53.0 Å². The largest absolute Gasteiger partial charge is 0.378 e. The van der Waals surface area contributed by atoms with Gasteiger partial charge in [-0.3, -0.25) is 10.00 Å². The van der Waals surface area contributed by atoms with Crippen molar-refractivity contribution in [2.45, 2.75) is 13.2 Å². The first-order valence-corrected chi connectivity index (χ1v) is 10.4. The zero-order chi connectivity index (χ0) is 20.2. The van der Waals surface area contributed by atoms with E-state index in [2.05, 4.69) is 51.2 Å². The Morgan fingerprint density at radius 1 is 1.10 bits per heavy atom. The molecule has 2 heterocycles. The van der Waals surface area contributed by atoms with Crippen LogP contribution in [0.1, 0.15) is 5.56 Å². The topological polar surface area (TPSA) is 49.3 Å². The summed E-state index contributed by atoms with van der Waals surface area (Å²) in [5.74, 6) is 0.745. The smallest absolute Gasteiger partial charge is 0.217 e. The molecule has 0 saturated carbocycles. The molecule has 29 heavy (non-hydrogen) atoms. The first kappa shape index (κ1) is 20.1. The quantitative estimate of drug-likeness (QED) is 0.595. The number of benzene rings is 2. The number of aromatic amines is 1. The van der Waals surface area contributed by atoms with Gasteiger partial charge >= 0.3 is 0 Å². The highest BCUT2D eigenvalue weighted by Gasteiger charge is 2.11. The van der Waals surface area contributed by atoms with Crippen LogP contribution in [0.4, 0.5) is 5.69 Å². The lowest BCUT2D eigenvalue weighted by Crippen LogP contribution is -2.36. The fourth-order valence-corrected chi connectivity index (χ4v) is 3.75. The molecule has 0 spiro atoms. The van der Waals surface area contributed by atoms with Crippen LogP contribution in [-0.2, 0) is 18.0 Å². The van der Waals surface area contributed by atoms with Gasteiger partial charge in [0.1, 0.15) is 0 Å². The molecule has 8 heteroatoms. The molecule has 2 aromatic carbocycles. The minimum Gasteiger partial charge on any atom is -0.378 e. The number of anilines is 1. The Labute approximate surface area is 180 Å². The second kappa shape index (κ2) is 9.09. The molecule has 3 aromatic rings. The van der Waals surface area contributed by atoms with Gasteiger partial charge in [-0.25, -0.2) is 4.68 Å². The molecular weight excluding hydrogens is 406 g/mol. The van der Waals surface area contributed by atoms with Crippen LogP contribution in [0.5, 0.6) is 0 Å². The molecule has 1 aliphatic heterocycles. The summed E-state index contributed by atoms with van der Waals surface area (Å²) >= 11 is 11.4. The highest BCUT2D eigenvalue weighted by atomic mass is 35.5. The van der Waals surface area contributed by atoms with Crippen LogP contribution in [0.25, 0.3) is 11.4 Å². The van der Waals surface area contributed by atoms with Crippen LogP contribution in [0.3, 0.4) is 0 Å². The van der Waals surface area contributed by atoms with Crippen molar-refractivity contribution in [3.63, 3.8) is 0 Å². The fourth-order valence-electron chi connectivity index (χ4n) is 3.43. The number of hydrogen-bond acceptors (Lipinski definition) is 5. The summed E-state index contributed by atoms with van der Waals surface area (Å²) in [5.41, 5.74) is 3.47. The van der Waals surface area contributed by atoms with E-state index in [9.17, 15) is 0 Å². The van der Waals surface area contributed by atoms with E-state index in [-0.39, 0.29) is 0 Å². The summed E-state index contributed by atoms with van der Waals surface area (Å²) in [6.07, 6.45) is 0. The Morgan fingerprint density at radius 3 is 2.48 bits per heavy atom. The van der Waals surface area contributed by atoms with Crippen molar-refractivity contribution in [3.05, 3.63) is 63.9 Å². The molecule has 1 aromatic heterocycles. The molecule has 6 nitrogen and oxygen atoms in total. The maximum Gasteiger partial charge on any atom is 0.217 e. The van der Waals surface area contributed by atoms with Crippen LogP contribution in [0.2, 0.25) is 5.02 Å². The molecule has 1 N–H and O–H groups in total. The van der Waals surface area contributed by atoms with Crippen molar-refractivity contribution in [2.75, 3.05) is 38.3 Å². The zero-order valence-corrected chi connectivity index (χ0v) is 17.9. The number of morpholine rings is 1. The van der Waals surface area contributed by atoms with Crippen molar-refractivity contribution >= 4 is 29.5 Å². The Morgan fingerprint density at radius 2 is 1.79 bits per heavy atom. The normalized spacial score (nSPS) is 14.5. The summed E-state index contributed by atoms with van der Waals surface area (Å²) in [5, 5.41) is 3.98. The Balaban J connectivity index is 1.39. The number of H-pyrrole nitrogens is 1. The van der Waals surface area contributed by atoms with Gasteiger partial charge in [-0.05, 0) is 61.2 Å². The van der Waals surface area contributed by atoms with Crippen LogP contribution in [0.15, 0.2) is 48.5 Å². The lowest BCUT2D eigenvalue weighted by Gasteiger charge is -2.29. The molecule has 4 rings (SSSR count). The lowest BCUT2D eigenvalue weighted by atomic mass is 10.2. The molecule has 0 aliphatic carbocycles. The number of hydrogen-bond donors (Lipinski definition) is 1. The number of aromatic nitrogens is 3. The second-order valence-corrected chi connectivity index (χ2v) is 8.01.